The molecule has 3 aromatic heterocycles. The third-order valence-corrected chi connectivity index (χ3v) is 4.69. The Labute approximate surface area is 163 Å². The second kappa shape index (κ2) is 7.09. The van der Waals surface area contributed by atoms with Crippen LogP contribution in [0.15, 0.2) is 57.9 Å². The molecule has 1 amide bonds. The predicted octanol–water partition coefficient (Wildman–Crippen LogP) is 4.40. The Bertz CT molecular complexity index is 1250. The van der Waals surface area contributed by atoms with Crippen molar-refractivity contribution in [2.24, 2.45) is 0 Å². The third kappa shape index (κ3) is 4.14. The van der Waals surface area contributed by atoms with E-state index in [-0.39, 0.29) is 10.7 Å². The number of benzene rings is 1. The van der Waals surface area contributed by atoms with Gasteiger partial charge in [0, 0.05) is 6.07 Å². The highest BCUT2D eigenvalue weighted by molar-refractivity contribution is 7.22. The Morgan fingerprint density at radius 1 is 1.21 bits per heavy atom. The summed E-state index contributed by atoms with van der Waals surface area (Å²) in [5.74, 6) is -0.656. The maximum atomic E-state index is 12.4. The van der Waals surface area contributed by atoms with E-state index in [9.17, 15) is 22.8 Å². The van der Waals surface area contributed by atoms with Gasteiger partial charge < -0.3 is 14.1 Å². The van der Waals surface area contributed by atoms with Crippen LogP contribution in [0.25, 0.3) is 21.7 Å². The second-order valence-corrected chi connectivity index (χ2v) is 6.77. The second-order valence-electron chi connectivity index (χ2n) is 5.74. The molecule has 0 bridgehead atoms. The largest absolute Gasteiger partial charge is 0.573 e. The molecule has 7 nitrogen and oxygen atoms in total. The molecule has 0 aliphatic rings. The minimum atomic E-state index is -4.81. The summed E-state index contributed by atoms with van der Waals surface area (Å²) in [6.45, 7) is 0. The number of halogens is 3. The van der Waals surface area contributed by atoms with E-state index in [4.69, 9.17) is 4.42 Å². The predicted molar refractivity (Wildman–Crippen MR) is 99.0 cm³/mol. The van der Waals surface area contributed by atoms with E-state index in [0.29, 0.717) is 21.7 Å². The van der Waals surface area contributed by atoms with E-state index < -0.39 is 23.6 Å². The molecule has 0 saturated carbocycles. The summed E-state index contributed by atoms with van der Waals surface area (Å²) in [6, 6.07) is 9.81. The topological polar surface area (TPSA) is 97.2 Å². The average Bonchev–Trinajstić information content (AvgIpc) is 3.29. The highest BCUT2D eigenvalue weighted by Crippen LogP contribution is 2.31. The number of nitrogens with one attached hydrogen (secondary N) is 2. The molecule has 0 saturated heterocycles. The molecule has 3 heterocycles. The normalized spacial score (nSPS) is 11.6. The molecule has 1 aromatic carbocycles. The van der Waals surface area contributed by atoms with Gasteiger partial charge in [0.2, 0.25) is 0 Å². The van der Waals surface area contributed by atoms with Gasteiger partial charge in [-0.25, -0.2) is 4.98 Å². The maximum absolute atomic E-state index is 12.4. The number of rotatable bonds is 4. The molecule has 0 fully saturated rings. The molecule has 4 aromatic rings. The number of fused-ring (bicyclic) bond motifs is 1. The first-order valence-electron chi connectivity index (χ1n) is 8.03. The number of thiazole rings is 1. The molecule has 0 aliphatic carbocycles. The number of nitrogens with zero attached hydrogens (tertiary/aromatic N) is 1. The number of carbonyl (C=O) groups is 1. The number of aromatic nitrogens is 2. The van der Waals surface area contributed by atoms with E-state index in [1.165, 1.54) is 30.5 Å². The lowest BCUT2D eigenvalue weighted by atomic mass is 10.2. The van der Waals surface area contributed by atoms with Crippen molar-refractivity contribution in [3.8, 4) is 17.2 Å². The number of carbonyl (C=O) groups excluding carboxylic acids is 1. The van der Waals surface area contributed by atoms with Gasteiger partial charge in [-0.05, 0) is 36.4 Å². The van der Waals surface area contributed by atoms with Crippen molar-refractivity contribution in [1.29, 1.82) is 0 Å². The van der Waals surface area contributed by atoms with Gasteiger partial charge in [-0.3, -0.25) is 14.9 Å². The molecule has 0 aliphatic heterocycles. The van der Waals surface area contributed by atoms with Crippen molar-refractivity contribution in [1.82, 2.24) is 9.97 Å². The fourth-order valence-corrected chi connectivity index (χ4v) is 3.44. The minimum Gasteiger partial charge on any atom is -0.463 e. The molecule has 0 radical (unpaired) electrons. The van der Waals surface area contributed by atoms with Crippen molar-refractivity contribution in [2.75, 3.05) is 5.32 Å². The van der Waals surface area contributed by atoms with Gasteiger partial charge in [-0.1, -0.05) is 11.3 Å². The first kappa shape index (κ1) is 18.7. The monoisotopic (exact) mass is 421 g/mol. The first-order chi connectivity index (χ1) is 13.8. The van der Waals surface area contributed by atoms with Gasteiger partial charge in [0.05, 0.1) is 22.2 Å². The van der Waals surface area contributed by atoms with E-state index in [1.807, 2.05) is 0 Å². The molecular formula is C18H10F3N3O4S. The van der Waals surface area contributed by atoms with Gasteiger partial charge in [0.15, 0.2) is 5.13 Å². The fraction of sp³-hybridized carbons (Fsp3) is 0.0556. The summed E-state index contributed by atoms with van der Waals surface area (Å²) >= 11 is 0.950. The molecule has 2 N–H and O–H groups in total. The van der Waals surface area contributed by atoms with Gasteiger partial charge >= 0.3 is 6.36 Å². The Kier molecular flexibility index (Phi) is 4.59. The van der Waals surface area contributed by atoms with Crippen LogP contribution in [0.1, 0.15) is 10.4 Å². The molecular weight excluding hydrogens is 411 g/mol. The average molecular weight is 421 g/mol. The van der Waals surface area contributed by atoms with Gasteiger partial charge in [0.1, 0.15) is 17.1 Å². The summed E-state index contributed by atoms with van der Waals surface area (Å²) < 4.78 is 46.4. The van der Waals surface area contributed by atoms with Crippen molar-refractivity contribution >= 4 is 32.6 Å². The van der Waals surface area contributed by atoms with Crippen LogP contribution in [0.3, 0.4) is 0 Å². The Hall–Kier alpha value is -3.60. The summed E-state index contributed by atoms with van der Waals surface area (Å²) in [4.78, 5) is 31.3. The molecule has 0 unspecified atom stereocenters. The van der Waals surface area contributed by atoms with Gasteiger partial charge in [0.25, 0.3) is 11.5 Å². The lowest BCUT2D eigenvalue weighted by Gasteiger charge is -2.07. The number of H-pyrrole nitrogens is 1. The molecule has 148 valence electrons. The number of pyridine rings is 1. The quantitative estimate of drug-likeness (QED) is 0.509. The Balaban J connectivity index is 1.55. The van der Waals surface area contributed by atoms with Gasteiger partial charge in [-0.2, -0.15) is 0 Å². The van der Waals surface area contributed by atoms with Crippen LogP contribution in [0.2, 0.25) is 0 Å². The van der Waals surface area contributed by atoms with E-state index in [0.717, 1.165) is 17.4 Å². The van der Waals surface area contributed by atoms with E-state index in [2.05, 4.69) is 20.0 Å². The highest BCUT2D eigenvalue weighted by Gasteiger charge is 2.31. The lowest BCUT2D eigenvalue weighted by Crippen LogP contribution is -2.23. The molecule has 0 atom stereocenters. The SMILES string of the molecule is O=C(Nc1nc2ccc(OC(F)(F)F)cc2s1)c1ccc(-c2ccco2)[nH]c1=O. The number of ether oxygens (including phenoxy) is 1. The number of anilines is 1. The van der Waals surface area contributed by atoms with Gasteiger partial charge in [-0.15, -0.1) is 13.2 Å². The number of amides is 1. The smallest absolute Gasteiger partial charge is 0.463 e. The maximum Gasteiger partial charge on any atom is 0.573 e. The van der Waals surface area contributed by atoms with Crippen LogP contribution in [-0.2, 0) is 0 Å². The van der Waals surface area contributed by atoms with E-state index in [1.54, 1.807) is 12.1 Å². The van der Waals surface area contributed by atoms with Crippen LogP contribution in [0, 0.1) is 0 Å². The van der Waals surface area contributed by atoms with Crippen molar-refractivity contribution in [3.63, 3.8) is 0 Å². The van der Waals surface area contributed by atoms with Crippen LogP contribution >= 0.6 is 11.3 Å². The van der Waals surface area contributed by atoms with Crippen LogP contribution in [0.4, 0.5) is 18.3 Å². The zero-order valence-electron chi connectivity index (χ0n) is 14.2. The summed E-state index contributed by atoms with van der Waals surface area (Å²) in [5, 5.41) is 2.60. The van der Waals surface area contributed by atoms with E-state index >= 15 is 0 Å². The number of hydrogen-bond acceptors (Lipinski definition) is 6. The lowest BCUT2D eigenvalue weighted by molar-refractivity contribution is -0.274. The number of aromatic amines is 1. The van der Waals surface area contributed by atoms with Crippen LogP contribution in [0.5, 0.6) is 5.75 Å². The van der Waals surface area contributed by atoms with Crippen LogP contribution < -0.4 is 15.6 Å². The highest BCUT2D eigenvalue weighted by atomic mass is 32.1. The molecule has 11 heteroatoms. The number of hydrogen-bond donors (Lipinski definition) is 2. The van der Waals surface area contributed by atoms with Crippen LogP contribution in [-0.4, -0.2) is 22.2 Å². The summed E-state index contributed by atoms with van der Waals surface area (Å²) in [5.41, 5.74) is 0.00895. The van der Waals surface area contributed by atoms with Crippen molar-refractivity contribution in [2.45, 2.75) is 6.36 Å². The number of furan rings is 1. The summed E-state index contributed by atoms with van der Waals surface area (Å²) in [6.07, 6.45) is -3.36. The third-order valence-electron chi connectivity index (χ3n) is 3.75. The molecule has 4 rings (SSSR count). The Morgan fingerprint density at radius 3 is 2.72 bits per heavy atom. The molecule has 29 heavy (non-hydrogen) atoms. The van der Waals surface area contributed by atoms with Crippen molar-refractivity contribution < 1.29 is 27.1 Å². The number of alkyl halides is 3. The fourth-order valence-electron chi connectivity index (χ4n) is 2.55. The summed E-state index contributed by atoms with van der Waals surface area (Å²) in [7, 11) is 0. The van der Waals surface area contributed by atoms with Crippen molar-refractivity contribution in [3.05, 3.63) is 64.6 Å². The molecule has 0 spiro atoms. The standard InChI is InChI=1S/C18H10F3N3O4S/c19-18(20,21)28-9-3-5-12-14(8-9)29-17(23-12)24-16(26)10-4-6-11(22-15(10)25)13-2-1-7-27-13/h1-8H,(H,22,25)(H,23,24,26). The Morgan fingerprint density at radius 2 is 2.03 bits per heavy atom. The zero-order valence-corrected chi connectivity index (χ0v) is 15.1. The first-order valence-corrected chi connectivity index (χ1v) is 8.85. The minimum absolute atomic E-state index is 0.128. The zero-order chi connectivity index (χ0) is 20.6.